The molecular weight excluding hydrogens is 239 g/mol. The van der Waals surface area contributed by atoms with Crippen LogP contribution in [0.25, 0.3) is 0 Å². The first-order chi connectivity index (χ1) is 8.98. The Labute approximate surface area is 115 Å². The second kappa shape index (κ2) is 6.04. The molecule has 0 saturated heterocycles. The quantitative estimate of drug-likeness (QED) is 0.858. The number of aliphatic hydroxyl groups is 1. The second-order valence-corrected chi connectivity index (χ2v) is 6.58. The van der Waals surface area contributed by atoms with E-state index in [4.69, 9.17) is 0 Å². The summed E-state index contributed by atoms with van der Waals surface area (Å²) in [6.07, 6.45) is 5.50. The average Bonchev–Trinajstić information content (AvgIpc) is 2.31. The van der Waals surface area contributed by atoms with Gasteiger partial charge in [-0.25, -0.2) is 4.39 Å². The van der Waals surface area contributed by atoms with Crippen LogP contribution < -0.4 is 0 Å². The first-order valence-electron chi connectivity index (χ1n) is 7.44. The van der Waals surface area contributed by atoms with E-state index in [0.29, 0.717) is 23.8 Å². The minimum absolute atomic E-state index is 0.193. The van der Waals surface area contributed by atoms with Crippen LogP contribution in [0.15, 0.2) is 24.3 Å². The van der Waals surface area contributed by atoms with Crippen molar-refractivity contribution in [1.29, 1.82) is 0 Å². The molecule has 0 amide bonds. The van der Waals surface area contributed by atoms with E-state index in [-0.39, 0.29) is 5.82 Å². The lowest BCUT2D eigenvalue weighted by atomic mass is 9.73. The zero-order valence-corrected chi connectivity index (χ0v) is 12.0. The van der Waals surface area contributed by atoms with Gasteiger partial charge in [0.15, 0.2) is 0 Å². The van der Waals surface area contributed by atoms with Gasteiger partial charge in [0.05, 0.1) is 5.60 Å². The van der Waals surface area contributed by atoms with Crippen LogP contribution >= 0.6 is 0 Å². The van der Waals surface area contributed by atoms with E-state index in [0.717, 1.165) is 19.3 Å². The van der Waals surface area contributed by atoms with Crippen molar-refractivity contribution >= 4 is 0 Å². The summed E-state index contributed by atoms with van der Waals surface area (Å²) in [4.78, 5) is 0. The van der Waals surface area contributed by atoms with E-state index in [9.17, 15) is 9.50 Å². The zero-order valence-electron chi connectivity index (χ0n) is 12.0. The predicted molar refractivity (Wildman–Crippen MR) is 76.5 cm³/mol. The lowest BCUT2D eigenvalue weighted by molar-refractivity contribution is -0.0195. The largest absolute Gasteiger partial charge is 0.390 e. The normalized spacial score (nSPS) is 27.7. The standard InChI is InChI=1S/C17H25FO/c1-13(2)10-14-6-5-9-17(19,11-14)12-15-7-3-4-8-16(15)18/h3-4,7-8,13-14,19H,5-6,9-12H2,1-2H3. The molecule has 19 heavy (non-hydrogen) atoms. The fourth-order valence-electron chi connectivity index (χ4n) is 3.49. The van der Waals surface area contributed by atoms with Crippen molar-refractivity contribution < 1.29 is 9.50 Å². The van der Waals surface area contributed by atoms with Gasteiger partial charge in [-0.1, -0.05) is 44.9 Å². The van der Waals surface area contributed by atoms with Crippen molar-refractivity contribution in [3.8, 4) is 0 Å². The Hall–Kier alpha value is -0.890. The molecule has 1 aliphatic rings. The van der Waals surface area contributed by atoms with Gasteiger partial charge in [0.25, 0.3) is 0 Å². The van der Waals surface area contributed by atoms with Crippen molar-refractivity contribution in [2.24, 2.45) is 11.8 Å². The molecule has 2 heteroatoms. The Morgan fingerprint density at radius 1 is 1.37 bits per heavy atom. The third kappa shape index (κ3) is 4.04. The van der Waals surface area contributed by atoms with E-state index in [1.54, 1.807) is 12.1 Å². The minimum Gasteiger partial charge on any atom is -0.390 e. The molecule has 2 unspecified atom stereocenters. The Morgan fingerprint density at radius 3 is 2.79 bits per heavy atom. The average molecular weight is 264 g/mol. The highest BCUT2D eigenvalue weighted by molar-refractivity contribution is 5.19. The van der Waals surface area contributed by atoms with Crippen molar-refractivity contribution in [3.05, 3.63) is 35.6 Å². The van der Waals surface area contributed by atoms with Crippen LogP contribution in [-0.4, -0.2) is 10.7 Å². The molecule has 0 aliphatic heterocycles. The summed E-state index contributed by atoms with van der Waals surface area (Å²) >= 11 is 0. The molecule has 2 rings (SSSR count). The van der Waals surface area contributed by atoms with Gasteiger partial charge in [0.1, 0.15) is 5.82 Å². The fraction of sp³-hybridized carbons (Fsp3) is 0.647. The number of rotatable bonds is 4. The SMILES string of the molecule is CC(C)CC1CCCC(O)(Cc2ccccc2F)C1. The molecule has 1 aromatic rings. The van der Waals surface area contributed by atoms with Gasteiger partial charge >= 0.3 is 0 Å². The summed E-state index contributed by atoms with van der Waals surface area (Å²) in [5, 5.41) is 10.8. The van der Waals surface area contributed by atoms with E-state index < -0.39 is 5.60 Å². The van der Waals surface area contributed by atoms with Gasteiger partial charge in [-0.05, 0) is 42.7 Å². The van der Waals surface area contributed by atoms with E-state index >= 15 is 0 Å². The first-order valence-corrected chi connectivity index (χ1v) is 7.44. The Kier molecular flexibility index (Phi) is 4.62. The predicted octanol–water partition coefficient (Wildman–Crippen LogP) is 4.34. The summed E-state index contributed by atoms with van der Waals surface area (Å²) in [5.41, 5.74) is -0.0600. The topological polar surface area (TPSA) is 20.2 Å². The van der Waals surface area contributed by atoms with Crippen LogP contribution in [0.5, 0.6) is 0 Å². The second-order valence-electron chi connectivity index (χ2n) is 6.58. The first kappa shape index (κ1) is 14.5. The number of hydrogen-bond donors (Lipinski definition) is 1. The number of benzene rings is 1. The zero-order chi connectivity index (χ0) is 13.9. The Bertz CT molecular complexity index is 415. The summed E-state index contributed by atoms with van der Waals surface area (Å²) in [6.45, 7) is 4.45. The number of hydrogen-bond acceptors (Lipinski definition) is 1. The van der Waals surface area contributed by atoms with Crippen LogP contribution in [0.4, 0.5) is 4.39 Å². The van der Waals surface area contributed by atoms with Crippen LogP contribution in [0, 0.1) is 17.7 Å². The molecule has 0 spiro atoms. The fourth-order valence-corrected chi connectivity index (χ4v) is 3.49. The van der Waals surface area contributed by atoms with Gasteiger partial charge in [0, 0.05) is 6.42 Å². The summed E-state index contributed by atoms with van der Waals surface area (Å²) in [7, 11) is 0. The van der Waals surface area contributed by atoms with Crippen LogP contribution in [0.1, 0.15) is 51.5 Å². The minimum atomic E-state index is -0.708. The molecule has 106 valence electrons. The van der Waals surface area contributed by atoms with Crippen LogP contribution in [-0.2, 0) is 6.42 Å². The smallest absolute Gasteiger partial charge is 0.126 e. The molecule has 1 saturated carbocycles. The molecule has 1 fully saturated rings. The summed E-state index contributed by atoms with van der Waals surface area (Å²) in [6, 6.07) is 6.81. The molecule has 0 radical (unpaired) electrons. The molecule has 0 bridgehead atoms. The molecule has 1 aromatic carbocycles. The lowest BCUT2D eigenvalue weighted by Crippen LogP contribution is -2.38. The highest BCUT2D eigenvalue weighted by atomic mass is 19.1. The van der Waals surface area contributed by atoms with E-state index in [1.165, 1.54) is 18.9 Å². The summed E-state index contributed by atoms with van der Waals surface area (Å²) in [5.74, 6) is 1.06. The maximum Gasteiger partial charge on any atom is 0.126 e. The molecule has 1 N–H and O–H groups in total. The molecule has 0 heterocycles. The van der Waals surface area contributed by atoms with Crippen LogP contribution in [0.3, 0.4) is 0 Å². The number of halogens is 1. The lowest BCUT2D eigenvalue weighted by Gasteiger charge is -2.37. The van der Waals surface area contributed by atoms with Crippen molar-refractivity contribution in [2.75, 3.05) is 0 Å². The third-order valence-corrected chi connectivity index (χ3v) is 4.21. The molecule has 0 aromatic heterocycles. The van der Waals surface area contributed by atoms with Crippen molar-refractivity contribution in [2.45, 2.75) is 58.0 Å². The van der Waals surface area contributed by atoms with Crippen LogP contribution in [0.2, 0.25) is 0 Å². The van der Waals surface area contributed by atoms with Gasteiger partial charge in [0.2, 0.25) is 0 Å². The molecule has 2 atom stereocenters. The maximum absolute atomic E-state index is 13.7. The highest BCUT2D eigenvalue weighted by Gasteiger charge is 2.35. The highest BCUT2D eigenvalue weighted by Crippen LogP contribution is 2.38. The molecule has 1 nitrogen and oxygen atoms in total. The molecule has 1 aliphatic carbocycles. The monoisotopic (exact) mass is 264 g/mol. The van der Waals surface area contributed by atoms with E-state index in [1.807, 2.05) is 6.07 Å². The Balaban J connectivity index is 2.03. The van der Waals surface area contributed by atoms with E-state index in [2.05, 4.69) is 13.8 Å². The summed E-state index contributed by atoms with van der Waals surface area (Å²) < 4.78 is 13.7. The van der Waals surface area contributed by atoms with Gasteiger partial charge in [-0.2, -0.15) is 0 Å². The van der Waals surface area contributed by atoms with Gasteiger partial charge in [-0.15, -0.1) is 0 Å². The van der Waals surface area contributed by atoms with Crippen molar-refractivity contribution in [3.63, 3.8) is 0 Å². The van der Waals surface area contributed by atoms with Crippen molar-refractivity contribution in [1.82, 2.24) is 0 Å². The van der Waals surface area contributed by atoms with Gasteiger partial charge in [-0.3, -0.25) is 0 Å². The van der Waals surface area contributed by atoms with Gasteiger partial charge < -0.3 is 5.11 Å². The molecular formula is C17H25FO. The Morgan fingerprint density at radius 2 is 2.11 bits per heavy atom. The third-order valence-electron chi connectivity index (χ3n) is 4.21. The maximum atomic E-state index is 13.7.